The molecule has 0 radical (unpaired) electrons. The van der Waals surface area contributed by atoms with Gasteiger partial charge in [-0.2, -0.15) is 0 Å². The lowest BCUT2D eigenvalue weighted by Gasteiger charge is -2.22. The zero-order valence-electron chi connectivity index (χ0n) is 14.8. The van der Waals surface area contributed by atoms with Crippen LogP contribution >= 0.6 is 0 Å². The molecular formula is C18H27NO6. The first-order valence-electron chi connectivity index (χ1n) is 7.79. The van der Waals surface area contributed by atoms with Crippen molar-refractivity contribution in [3.63, 3.8) is 0 Å². The van der Waals surface area contributed by atoms with Crippen LogP contribution in [0.15, 0.2) is 42.5 Å². The van der Waals surface area contributed by atoms with Crippen molar-refractivity contribution in [3.05, 3.63) is 48.0 Å². The zero-order valence-corrected chi connectivity index (χ0v) is 14.8. The van der Waals surface area contributed by atoms with Crippen LogP contribution in [0, 0.1) is 0 Å². The number of carboxylic acids is 2. The number of ether oxygens (including phenoxy) is 1. The van der Waals surface area contributed by atoms with E-state index in [-0.39, 0.29) is 5.54 Å². The molecule has 0 saturated carbocycles. The standard InChI is InChI=1S/C14H23NO2.C4H4O4/c1-14(2,3)15-9-13(16)11-17-10-12-7-5-4-6-8-12;5-3(6)1-2-4(7)8/h4-8,13,15-16H,9-11H2,1-3H3;1-2H,(H,5,6)(H,7,8)/b;2-1-. The summed E-state index contributed by atoms with van der Waals surface area (Å²) >= 11 is 0. The average molecular weight is 353 g/mol. The SMILES string of the molecule is CC(C)(C)NCC(O)COCc1ccccc1.O=C(O)/C=C\C(=O)O. The highest BCUT2D eigenvalue weighted by Crippen LogP contribution is 2.02. The van der Waals surface area contributed by atoms with Gasteiger partial charge >= 0.3 is 11.9 Å². The molecule has 1 atom stereocenters. The van der Waals surface area contributed by atoms with E-state index in [1.807, 2.05) is 30.3 Å². The van der Waals surface area contributed by atoms with E-state index in [4.69, 9.17) is 14.9 Å². The Labute approximate surface area is 147 Å². The number of hydrogen-bond acceptors (Lipinski definition) is 5. The van der Waals surface area contributed by atoms with Gasteiger partial charge in [0.1, 0.15) is 0 Å². The predicted octanol–water partition coefficient (Wildman–Crippen LogP) is 1.66. The lowest BCUT2D eigenvalue weighted by atomic mass is 10.1. The molecule has 0 heterocycles. The molecule has 0 aliphatic carbocycles. The minimum Gasteiger partial charge on any atom is -0.478 e. The third-order valence-corrected chi connectivity index (χ3v) is 2.66. The topological polar surface area (TPSA) is 116 Å². The average Bonchev–Trinajstić information content (AvgIpc) is 2.52. The summed E-state index contributed by atoms with van der Waals surface area (Å²) < 4.78 is 5.46. The summed E-state index contributed by atoms with van der Waals surface area (Å²) in [5, 5.41) is 28.6. The van der Waals surface area contributed by atoms with E-state index in [0.717, 1.165) is 5.56 Å². The van der Waals surface area contributed by atoms with Gasteiger partial charge < -0.3 is 25.4 Å². The lowest BCUT2D eigenvalue weighted by molar-refractivity contribution is -0.134. The molecule has 0 fully saturated rings. The zero-order chi connectivity index (χ0) is 19.3. The molecule has 0 spiro atoms. The molecule has 0 bridgehead atoms. The predicted molar refractivity (Wildman–Crippen MR) is 94.3 cm³/mol. The molecule has 0 saturated heterocycles. The van der Waals surface area contributed by atoms with Gasteiger partial charge in [0.2, 0.25) is 0 Å². The van der Waals surface area contributed by atoms with Crippen molar-refractivity contribution < 1.29 is 29.6 Å². The Kier molecular flexibility index (Phi) is 11.1. The van der Waals surface area contributed by atoms with E-state index in [1.165, 1.54) is 0 Å². The summed E-state index contributed by atoms with van der Waals surface area (Å²) in [6, 6.07) is 9.97. The van der Waals surface area contributed by atoms with Crippen LogP contribution in [0.4, 0.5) is 0 Å². The van der Waals surface area contributed by atoms with Crippen molar-refractivity contribution in [2.24, 2.45) is 0 Å². The first-order valence-corrected chi connectivity index (χ1v) is 7.79. The highest BCUT2D eigenvalue weighted by Gasteiger charge is 2.12. The molecule has 1 unspecified atom stereocenters. The van der Waals surface area contributed by atoms with Gasteiger partial charge in [-0.3, -0.25) is 0 Å². The van der Waals surface area contributed by atoms with Crippen molar-refractivity contribution in [2.45, 2.75) is 39.0 Å². The third kappa shape index (κ3) is 16.4. The molecule has 7 heteroatoms. The summed E-state index contributed by atoms with van der Waals surface area (Å²) in [6.45, 7) is 7.68. The number of rotatable bonds is 8. The van der Waals surface area contributed by atoms with Crippen LogP contribution < -0.4 is 5.32 Å². The van der Waals surface area contributed by atoms with Crippen molar-refractivity contribution >= 4 is 11.9 Å². The van der Waals surface area contributed by atoms with E-state index in [0.29, 0.717) is 31.9 Å². The molecule has 4 N–H and O–H groups in total. The summed E-state index contributed by atoms with van der Waals surface area (Å²) in [5.74, 6) is -2.51. The molecular weight excluding hydrogens is 326 g/mol. The Hall–Kier alpha value is -2.22. The summed E-state index contributed by atoms with van der Waals surface area (Å²) in [5.41, 5.74) is 1.16. The van der Waals surface area contributed by atoms with Crippen molar-refractivity contribution in [3.8, 4) is 0 Å². The van der Waals surface area contributed by atoms with Gasteiger partial charge in [-0.1, -0.05) is 30.3 Å². The van der Waals surface area contributed by atoms with E-state index >= 15 is 0 Å². The molecule has 25 heavy (non-hydrogen) atoms. The van der Waals surface area contributed by atoms with Crippen molar-refractivity contribution in [2.75, 3.05) is 13.2 Å². The van der Waals surface area contributed by atoms with Crippen LogP contribution in [0.2, 0.25) is 0 Å². The number of aliphatic carboxylic acids is 2. The Balaban J connectivity index is 0.000000609. The van der Waals surface area contributed by atoms with Crippen LogP contribution in [0.25, 0.3) is 0 Å². The van der Waals surface area contributed by atoms with Crippen molar-refractivity contribution in [1.29, 1.82) is 0 Å². The molecule has 0 aliphatic heterocycles. The molecule has 0 aromatic heterocycles. The number of carbonyl (C=O) groups is 2. The van der Waals surface area contributed by atoms with Crippen LogP contribution in [0.3, 0.4) is 0 Å². The third-order valence-electron chi connectivity index (χ3n) is 2.66. The fraction of sp³-hybridized carbons (Fsp3) is 0.444. The minimum absolute atomic E-state index is 0.0282. The molecule has 7 nitrogen and oxygen atoms in total. The van der Waals surface area contributed by atoms with Gasteiger partial charge in [-0.05, 0) is 26.3 Å². The van der Waals surface area contributed by atoms with E-state index < -0.39 is 18.0 Å². The Morgan fingerprint density at radius 2 is 1.64 bits per heavy atom. The second-order valence-corrected chi connectivity index (χ2v) is 6.30. The molecule has 1 rings (SSSR count). The highest BCUT2D eigenvalue weighted by molar-refractivity contribution is 5.89. The summed E-state index contributed by atoms with van der Waals surface area (Å²) in [6.07, 6.45) is 0.655. The molecule has 1 aromatic carbocycles. The van der Waals surface area contributed by atoms with Crippen LogP contribution in [-0.4, -0.2) is 52.1 Å². The number of hydrogen-bond donors (Lipinski definition) is 4. The monoisotopic (exact) mass is 353 g/mol. The minimum atomic E-state index is -1.26. The summed E-state index contributed by atoms with van der Waals surface area (Å²) in [7, 11) is 0. The van der Waals surface area contributed by atoms with Gasteiger partial charge in [0.25, 0.3) is 0 Å². The molecule has 0 aliphatic rings. The maximum absolute atomic E-state index is 9.70. The largest absolute Gasteiger partial charge is 0.478 e. The lowest BCUT2D eigenvalue weighted by Crippen LogP contribution is -2.42. The summed E-state index contributed by atoms with van der Waals surface area (Å²) in [4.78, 5) is 19.1. The Bertz CT molecular complexity index is 520. The van der Waals surface area contributed by atoms with Gasteiger partial charge in [-0.25, -0.2) is 9.59 Å². The Morgan fingerprint density at radius 3 is 2.08 bits per heavy atom. The molecule has 1 aromatic rings. The molecule has 0 amide bonds. The van der Waals surface area contributed by atoms with E-state index in [1.54, 1.807) is 0 Å². The number of carboxylic acid groups (broad SMARTS) is 2. The van der Waals surface area contributed by atoms with Gasteiger partial charge in [-0.15, -0.1) is 0 Å². The maximum atomic E-state index is 9.70. The maximum Gasteiger partial charge on any atom is 0.328 e. The van der Waals surface area contributed by atoms with E-state index in [2.05, 4.69) is 26.1 Å². The number of aliphatic hydroxyl groups excluding tert-OH is 1. The fourth-order valence-corrected chi connectivity index (χ4v) is 1.51. The van der Waals surface area contributed by atoms with Crippen LogP contribution in [-0.2, 0) is 20.9 Å². The normalized spacial score (nSPS) is 12.3. The number of aliphatic hydroxyl groups is 1. The molecule has 140 valence electrons. The number of benzene rings is 1. The fourth-order valence-electron chi connectivity index (χ4n) is 1.51. The van der Waals surface area contributed by atoms with Gasteiger partial charge in [0, 0.05) is 24.2 Å². The first kappa shape index (κ1) is 22.8. The second kappa shape index (κ2) is 12.2. The second-order valence-electron chi connectivity index (χ2n) is 6.30. The number of β-amino-alcohol motifs (C(OH)–C–C–N with tert-alkyl or cyclic N) is 1. The van der Waals surface area contributed by atoms with Crippen LogP contribution in [0.5, 0.6) is 0 Å². The quantitative estimate of drug-likeness (QED) is 0.525. The smallest absolute Gasteiger partial charge is 0.328 e. The van der Waals surface area contributed by atoms with Gasteiger partial charge in [0.15, 0.2) is 0 Å². The number of nitrogens with one attached hydrogen (secondary N) is 1. The Morgan fingerprint density at radius 1 is 1.12 bits per heavy atom. The first-order chi connectivity index (χ1) is 11.6. The highest BCUT2D eigenvalue weighted by atomic mass is 16.5. The van der Waals surface area contributed by atoms with Crippen LogP contribution in [0.1, 0.15) is 26.3 Å². The van der Waals surface area contributed by atoms with Gasteiger partial charge in [0.05, 0.1) is 19.3 Å². The van der Waals surface area contributed by atoms with E-state index in [9.17, 15) is 14.7 Å². The van der Waals surface area contributed by atoms with Crippen molar-refractivity contribution in [1.82, 2.24) is 5.32 Å².